The Bertz CT molecular complexity index is 699. The lowest BCUT2D eigenvalue weighted by Crippen LogP contribution is -2.72. The first-order chi connectivity index (χ1) is 14.9. The lowest BCUT2D eigenvalue weighted by atomic mass is 9.72. The number of carbonyl (C=O) groups excluding carboxylic acids is 1. The van der Waals surface area contributed by atoms with Crippen molar-refractivity contribution in [3.63, 3.8) is 0 Å². The molecule has 1 spiro atoms. The molecule has 2 saturated heterocycles. The second-order valence-corrected chi connectivity index (χ2v) is 10.6. The van der Waals surface area contributed by atoms with E-state index in [-0.39, 0.29) is 5.60 Å². The number of anilines is 2. The number of benzene rings is 1. The minimum atomic E-state index is 0.0417. The molecule has 1 aromatic carbocycles. The van der Waals surface area contributed by atoms with Crippen LogP contribution >= 0.6 is 0 Å². The van der Waals surface area contributed by atoms with Crippen LogP contribution in [0, 0.1) is 5.41 Å². The summed E-state index contributed by atoms with van der Waals surface area (Å²) in [6, 6.07) is 6.71. The van der Waals surface area contributed by atoms with Crippen LogP contribution in [-0.2, 0) is 16.0 Å². The monoisotopic (exact) mass is 429 g/mol. The van der Waals surface area contributed by atoms with Crippen molar-refractivity contribution >= 4 is 17.7 Å². The quantitative estimate of drug-likeness (QED) is 0.453. The largest absolute Gasteiger partial charge is 0.384 e. The number of hydrogen-bond donors (Lipinski definition) is 1. The lowest BCUT2D eigenvalue weighted by Gasteiger charge is -2.61. The predicted molar refractivity (Wildman–Crippen MR) is 130 cm³/mol. The summed E-state index contributed by atoms with van der Waals surface area (Å²) in [5.41, 5.74) is 4.98. The number of aldehydes is 1. The molecule has 0 aliphatic carbocycles. The molecule has 0 unspecified atom stereocenters. The van der Waals surface area contributed by atoms with Crippen molar-refractivity contribution < 1.29 is 9.53 Å². The Balaban J connectivity index is 0.000000401. The van der Waals surface area contributed by atoms with E-state index in [0.29, 0.717) is 5.41 Å². The van der Waals surface area contributed by atoms with Crippen LogP contribution in [-0.4, -0.2) is 63.2 Å². The van der Waals surface area contributed by atoms with Gasteiger partial charge in [0.1, 0.15) is 6.29 Å². The highest BCUT2D eigenvalue weighted by Crippen LogP contribution is 2.44. The summed E-state index contributed by atoms with van der Waals surface area (Å²) in [4.78, 5) is 15.5. The summed E-state index contributed by atoms with van der Waals surface area (Å²) < 4.78 is 4.94. The van der Waals surface area contributed by atoms with Crippen molar-refractivity contribution in [1.29, 1.82) is 0 Å². The van der Waals surface area contributed by atoms with E-state index < -0.39 is 0 Å². The summed E-state index contributed by atoms with van der Waals surface area (Å²) in [6.07, 6.45) is 9.17. The van der Waals surface area contributed by atoms with Crippen LogP contribution in [0.5, 0.6) is 0 Å². The van der Waals surface area contributed by atoms with Gasteiger partial charge in [0.25, 0.3) is 0 Å². The molecule has 0 bridgehead atoms. The molecule has 174 valence electrons. The molecule has 3 heterocycles. The van der Waals surface area contributed by atoms with Crippen LogP contribution < -0.4 is 10.2 Å². The normalized spacial score (nSPS) is 19.0. The first kappa shape index (κ1) is 24.1. The van der Waals surface area contributed by atoms with Crippen LogP contribution in [0.25, 0.3) is 0 Å². The molecule has 0 radical (unpaired) electrons. The number of likely N-dealkylation sites (tertiary alicyclic amines) is 1. The molecular formula is C26H43N3O2. The maximum Gasteiger partial charge on any atom is 0.119 e. The zero-order valence-corrected chi connectivity index (χ0v) is 20.2. The van der Waals surface area contributed by atoms with Gasteiger partial charge in [-0.05, 0) is 58.7 Å². The fourth-order valence-electron chi connectivity index (χ4n) is 4.91. The first-order valence-electron chi connectivity index (χ1n) is 12.2. The van der Waals surface area contributed by atoms with Gasteiger partial charge in [-0.1, -0.05) is 25.3 Å². The highest BCUT2D eigenvalue weighted by Gasteiger charge is 2.51. The van der Waals surface area contributed by atoms with Gasteiger partial charge in [-0.15, -0.1) is 0 Å². The second-order valence-electron chi connectivity index (χ2n) is 10.6. The molecule has 0 amide bonds. The van der Waals surface area contributed by atoms with Crippen molar-refractivity contribution in [3.8, 4) is 0 Å². The zero-order chi connectivity index (χ0) is 22.3. The molecule has 4 rings (SSSR count). The molecule has 31 heavy (non-hydrogen) atoms. The molecule has 0 aromatic heterocycles. The smallest absolute Gasteiger partial charge is 0.119 e. The van der Waals surface area contributed by atoms with E-state index in [0.717, 1.165) is 25.7 Å². The van der Waals surface area contributed by atoms with Crippen LogP contribution in [0.1, 0.15) is 64.9 Å². The Morgan fingerprint density at radius 2 is 1.74 bits per heavy atom. The van der Waals surface area contributed by atoms with E-state index in [1.54, 1.807) is 7.11 Å². The predicted octanol–water partition coefficient (Wildman–Crippen LogP) is 4.75. The number of carbonyl (C=O) groups is 1. The highest BCUT2D eigenvalue weighted by molar-refractivity contribution is 5.70. The van der Waals surface area contributed by atoms with Gasteiger partial charge in [0.2, 0.25) is 0 Å². The Kier molecular flexibility index (Phi) is 8.40. The van der Waals surface area contributed by atoms with Gasteiger partial charge in [0.05, 0.1) is 5.60 Å². The van der Waals surface area contributed by atoms with E-state index in [4.69, 9.17) is 4.74 Å². The molecule has 1 N–H and O–H groups in total. The Morgan fingerprint density at radius 3 is 2.42 bits per heavy atom. The molecule has 3 aliphatic rings. The molecular weight excluding hydrogens is 386 g/mol. The van der Waals surface area contributed by atoms with E-state index in [1.165, 1.54) is 81.8 Å². The summed E-state index contributed by atoms with van der Waals surface area (Å²) in [5.74, 6) is 0. The maximum absolute atomic E-state index is 10.3. The van der Waals surface area contributed by atoms with Gasteiger partial charge >= 0.3 is 0 Å². The molecule has 0 atom stereocenters. The number of unbranched alkanes of at least 4 members (excludes halogenated alkanes) is 5. The van der Waals surface area contributed by atoms with Gasteiger partial charge < -0.3 is 24.6 Å². The fourth-order valence-corrected chi connectivity index (χ4v) is 4.91. The number of nitrogens with zero attached hydrogens (tertiary/aromatic N) is 2. The van der Waals surface area contributed by atoms with E-state index in [1.807, 2.05) is 20.8 Å². The van der Waals surface area contributed by atoms with Crippen molar-refractivity contribution in [2.45, 2.75) is 71.3 Å². The third kappa shape index (κ3) is 6.69. The van der Waals surface area contributed by atoms with Crippen LogP contribution in [0.15, 0.2) is 18.2 Å². The summed E-state index contributed by atoms with van der Waals surface area (Å²) in [5, 5.41) is 3.49. The molecule has 5 nitrogen and oxygen atoms in total. The summed E-state index contributed by atoms with van der Waals surface area (Å²) in [7, 11) is 1.71. The van der Waals surface area contributed by atoms with Gasteiger partial charge in [-0.25, -0.2) is 0 Å². The average molecular weight is 430 g/mol. The van der Waals surface area contributed by atoms with Crippen LogP contribution in [0.2, 0.25) is 0 Å². The first-order valence-corrected chi connectivity index (χ1v) is 12.2. The van der Waals surface area contributed by atoms with E-state index >= 15 is 0 Å². The SMILES string of the molecule is COC(C)(C)C.O=CCCCCCCCN1CC2(C1)CN(c1cccc3c1CCN3)C2. The third-order valence-corrected chi connectivity index (χ3v) is 6.76. The number of rotatable bonds is 9. The molecule has 2 fully saturated rings. The van der Waals surface area contributed by atoms with Gasteiger partial charge in [-0.3, -0.25) is 0 Å². The number of hydrogen-bond acceptors (Lipinski definition) is 5. The second kappa shape index (κ2) is 10.8. The number of ether oxygens (including phenoxy) is 1. The Labute approximate surface area is 189 Å². The maximum atomic E-state index is 10.3. The van der Waals surface area contributed by atoms with Gasteiger partial charge in [-0.2, -0.15) is 0 Å². The fraction of sp³-hybridized carbons (Fsp3) is 0.731. The molecule has 5 heteroatoms. The Morgan fingerprint density at radius 1 is 1.06 bits per heavy atom. The van der Waals surface area contributed by atoms with Crippen LogP contribution in [0.4, 0.5) is 11.4 Å². The number of fused-ring (bicyclic) bond motifs is 1. The van der Waals surface area contributed by atoms with E-state index in [2.05, 4.69) is 33.3 Å². The minimum Gasteiger partial charge on any atom is -0.384 e. The van der Waals surface area contributed by atoms with Crippen molar-refractivity contribution in [2.75, 3.05) is 56.6 Å². The molecule has 1 aromatic rings. The zero-order valence-electron chi connectivity index (χ0n) is 20.2. The average Bonchev–Trinajstić information content (AvgIpc) is 3.16. The standard InChI is InChI=1S/C21H31N3O.C5H12O/c25-13-6-4-2-1-3-5-12-23-14-21(15-23)16-24(17-21)20-9-7-8-19-18(20)10-11-22-19;1-5(2,3)6-4/h7-9,13,22H,1-6,10-12,14-17H2;1-4H3. The topological polar surface area (TPSA) is 44.8 Å². The highest BCUT2D eigenvalue weighted by atomic mass is 16.5. The summed E-state index contributed by atoms with van der Waals surface area (Å²) >= 11 is 0. The van der Waals surface area contributed by atoms with Gasteiger partial charge in [0, 0.05) is 68.6 Å². The molecule has 0 saturated carbocycles. The molecule has 3 aliphatic heterocycles. The van der Waals surface area contributed by atoms with Crippen molar-refractivity contribution in [2.24, 2.45) is 5.41 Å². The van der Waals surface area contributed by atoms with Crippen LogP contribution in [0.3, 0.4) is 0 Å². The van der Waals surface area contributed by atoms with Gasteiger partial charge in [0.15, 0.2) is 0 Å². The van der Waals surface area contributed by atoms with Crippen molar-refractivity contribution in [3.05, 3.63) is 23.8 Å². The minimum absolute atomic E-state index is 0.0417. The lowest BCUT2D eigenvalue weighted by molar-refractivity contribution is -0.107. The van der Waals surface area contributed by atoms with Crippen molar-refractivity contribution in [1.82, 2.24) is 4.90 Å². The third-order valence-electron chi connectivity index (χ3n) is 6.76. The summed E-state index contributed by atoms with van der Waals surface area (Å²) in [6.45, 7) is 13.5. The number of methoxy groups -OCH3 is 1. The van der Waals surface area contributed by atoms with E-state index in [9.17, 15) is 4.79 Å². The number of nitrogens with one attached hydrogen (secondary N) is 1. The Hall–Kier alpha value is -1.59.